The Hall–Kier alpha value is -1.66. The van der Waals surface area contributed by atoms with Crippen LogP contribution in [-0.2, 0) is 4.79 Å². The van der Waals surface area contributed by atoms with Gasteiger partial charge in [0, 0.05) is 44.7 Å². The van der Waals surface area contributed by atoms with Crippen LogP contribution in [0.4, 0.5) is 5.82 Å². The van der Waals surface area contributed by atoms with Gasteiger partial charge in [0.15, 0.2) is 0 Å². The number of amides is 1. The van der Waals surface area contributed by atoms with Crippen LogP contribution in [0.25, 0.3) is 10.1 Å². The Morgan fingerprint density at radius 3 is 2.59 bits per heavy atom. The van der Waals surface area contributed by atoms with Crippen molar-refractivity contribution in [3.63, 3.8) is 0 Å². The van der Waals surface area contributed by atoms with Crippen LogP contribution < -0.4 is 4.90 Å². The SMILES string of the molecule is CC1(C)C2CC[C@@]1(C)C(=O)N(CCCCCN1CCN(c3nsc4ccccc34)CC1)C2. The highest BCUT2D eigenvalue weighted by atomic mass is 32.1. The molecule has 3 aliphatic rings. The molecule has 0 radical (unpaired) electrons. The Morgan fingerprint density at radius 2 is 1.78 bits per heavy atom. The molecule has 1 amide bonds. The zero-order valence-electron chi connectivity index (χ0n) is 20.0. The quantitative estimate of drug-likeness (QED) is 0.560. The number of hydrogen-bond donors (Lipinski definition) is 0. The maximum absolute atomic E-state index is 13.2. The summed E-state index contributed by atoms with van der Waals surface area (Å²) in [5, 5.41) is 1.30. The Kier molecular flexibility index (Phi) is 5.95. The van der Waals surface area contributed by atoms with Gasteiger partial charge in [-0.05, 0) is 67.2 Å². The van der Waals surface area contributed by atoms with E-state index < -0.39 is 0 Å². The van der Waals surface area contributed by atoms with Crippen molar-refractivity contribution in [3.8, 4) is 0 Å². The summed E-state index contributed by atoms with van der Waals surface area (Å²) in [5.74, 6) is 2.26. The zero-order valence-corrected chi connectivity index (χ0v) is 20.8. The van der Waals surface area contributed by atoms with Gasteiger partial charge in [0.2, 0.25) is 5.91 Å². The van der Waals surface area contributed by atoms with E-state index in [-0.39, 0.29) is 10.8 Å². The number of aromatic nitrogens is 1. The first-order chi connectivity index (χ1) is 15.4. The second-order valence-electron chi connectivity index (χ2n) is 10.9. The molecule has 1 aromatic heterocycles. The van der Waals surface area contributed by atoms with Crippen LogP contribution in [0.5, 0.6) is 0 Å². The van der Waals surface area contributed by atoms with E-state index >= 15 is 0 Å². The first-order valence-electron chi connectivity index (χ1n) is 12.5. The van der Waals surface area contributed by atoms with Gasteiger partial charge in [0.1, 0.15) is 5.82 Å². The van der Waals surface area contributed by atoms with Gasteiger partial charge in [-0.25, -0.2) is 0 Å². The third-order valence-corrected chi connectivity index (χ3v) is 9.89. The number of piperazine rings is 1. The topological polar surface area (TPSA) is 39.7 Å². The van der Waals surface area contributed by atoms with Crippen molar-refractivity contribution in [1.82, 2.24) is 14.2 Å². The molecular formula is C26H38N4OS. The molecule has 3 heterocycles. The lowest BCUT2D eigenvalue weighted by atomic mass is 9.62. The lowest BCUT2D eigenvalue weighted by Gasteiger charge is -2.49. The van der Waals surface area contributed by atoms with Crippen molar-refractivity contribution in [2.24, 2.45) is 16.7 Å². The Morgan fingerprint density at radius 1 is 1.03 bits per heavy atom. The number of nitrogens with zero attached hydrogens (tertiary/aromatic N) is 4. The second-order valence-corrected chi connectivity index (χ2v) is 11.7. The van der Waals surface area contributed by atoms with Gasteiger partial charge in [-0.2, -0.15) is 4.37 Å². The lowest BCUT2D eigenvalue weighted by molar-refractivity contribution is -0.155. The van der Waals surface area contributed by atoms with E-state index in [4.69, 9.17) is 4.37 Å². The summed E-state index contributed by atoms with van der Waals surface area (Å²) in [6, 6.07) is 8.56. The minimum Gasteiger partial charge on any atom is -0.353 e. The van der Waals surface area contributed by atoms with Crippen molar-refractivity contribution in [2.75, 3.05) is 50.7 Å². The van der Waals surface area contributed by atoms with Crippen molar-refractivity contribution in [1.29, 1.82) is 0 Å². The standard InChI is InChI=1S/C26H38N4OS/c1-25(2)20-11-12-26(25,3)24(31)30(19-20)14-8-4-7-13-28-15-17-29(18-16-28)23-21-9-5-6-10-22(21)32-27-23/h5-6,9-10,20H,4,7-8,11-19H2,1-3H3/t20?,26-/m0/s1. The summed E-state index contributed by atoms with van der Waals surface area (Å²) in [6.45, 7) is 14.3. The van der Waals surface area contributed by atoms with Gasteiger partial charge in [0.05, 0.1) is 10.1 Å². The van der Waals surface area contributed by atoms with Crippen LogP contribution in [0.3, 0.4) is 0 Å². The highest BCUT2D eigenvalue weighted by molar-refractivity contribution is 7.13. The predicted octanol–water partition coefficient (Wildman–Crippen LogP) is 4.87. The Labute approximate surface area is 196 Å². The van der Waals surface area contributed by atoms with Crippen molar-refractivity contribution < 1.29 is 4.79 Å². The van der Waals surface area contributed by atoms with Gasteiger partial charge < -0.3 is 9.80 Å². The van der Waals surface area contributed by atoms with E-state index in [1.165, 1.54) is 41.7 Å². The molecule has 6 heteroatoms. The molecule has 2 saturated heterocycles. The van der Waals surface area contributed by atoms with Crippen LogP contribution in [0.1, 0.15) is 52.9 Å². The average Bonchev–Trinajstić information content (AvgIpc) is 3.28. The highest BCUT2D eigenvalue weighted by Crippen LogP contribution is 2.59. The van der Waals surface area contributed by atoms with Crippen molar-refractivity contribution in [3.05, 3.63) is 24.3 Å². The van der Waals surface area contributed by atoms with Gasteiger partial charge >= 0.3 is 0 Å². The molecule has 32 heavy (non-hydrogen) atoms. The molecule has 3 fully saturated rings. The van der Waals surface area contributed by atoms with E-state index in [0.717, 1.165) is 52.1 Å². The smallest absolute Gasteiger partial charge is 0.229 e. The van der Waals surface area contributed by atoms with Crippen LogP contribution in [-0.4, -0.2) is 65.9 Å². The number of carbonyl (C=O) groups is 1. The van der Waals surface area contributed by atoms with E-state index in [1.54, 1.807) is 11.5 Å². The molecule has 2 bridgehead atoms. The molecule has 2 aliphatic heterocycles. The highest BCUT2D eigenvalue weighted by Gasteiger charge is 2.60. The molecule has 0 N–H and O–H groups in total. The first kappa shape index (κ1) is 22.1. The fraction of sp³-hybridized carbons (Fsp3) is 0.692. The number of rotatable bonds is 7. The molecule has 1 unspecified atom stereocenters. The normalized spacial score (nSPS) is 28.1. The maximum Gasteiger partial charge on any atom is 0.229 e. The molecular weight excluding hydrogens is 416 g/mol. The van der Waals surface area contributed by atoms with Crippen molar-refractivity contribution >= 4 is 33.3 Å². The van der Waals surface area contributed by atoms with Crippen LogP contribution in [0.2, 0.25) is 0 Å². The first-order valence-corrected chi connectivity index (χ1v) is 13.3. The molecule has 1 saturated carbocycles. The summed E-state index contributed by atoms with van der Waals surface area (Å²) >= 11 is 1.61. The van der Waals surface area contributed by atoms with Crippen LogP contribution in [0, 0.1) is 16.7 Å². The van der Waals surface area contributed by atoms with E-state index in [9.17, 15) is 4.79 Å². The Bertz CT molecular complexity index is 964. The zero-order chi connectivity index (χ0) is 22.3. The summed E-state index contributed by atoms with van der Waals surface area (Å²) in [5.41, 5.74) is 0.0196. The van der Waals surface area contributed by atoms with Crippen molar-refractivity contribution in [2.45, 2.75) is 52.9 Å². The number of piperidine rings is 1. The summed E-state index contributed by atoms with van der Waals surface area (Å²) in [6.07, 6.45) is 5.87. The van der Waals surface area contributed by atoms with Crippen LogP contribution >= 0.6 is 11.5 Å². The lowest BCUT2D eigenvalue weighted by Crippen LogP contribution is -2.56. The molecule has 5 rings (SSSR count). The van der Waals surface area contributed by atoms with Gasteiger partial charge in [-0.1, -0.05) is 39.3 Å². The molecule has 2 aromatic rings. The fourth-order valence-electron chi connectivity index (χ4n) is 6.29. The van der Waals surface area contributed by atoms with E-state index in [0.29, 0.717) is 11.8 Å². The monoisotopic (exact) mass is 454 g/mol. The number of unbranched alkanes of at least 4 members (excludes halogenated alkanes) is 2. The number of carbonyl (C=O) groups excluding carboxylic acids is 1. The third kappa shape index (κ3) is 3.73. The molecule has 2 atom stereocenters. The largest absolute Gasteiger partial charge is 0.353 e. The van der Waals surface area contributed by atoms with E-state index in [1.807, 2.05) is 0 Å². The number of likely N-dealkylation sites (tertiary alicyclic amines) is 1. The minimum absolute atomic E-state index is 0.141. The molecule has 5 nitrogen and oxygen atoms in total. The minimum atomic E-state index is -0.141. The maximum atomic E-state index is 13.2. The number of hydrogen-bond acceptors (Lipinski definition) is 5. The molecule has 1 aliphatic carbocycles. The summed E-state index contributed by atoms with van der Waals surface area (Å²) in [7, 11) is 0. The molecule has 0 spiro atoms. The number of benzene rings is 1. The van der Waals surface area contributed by atoms with Crippen LogP contribution in [0.15, 0.2) is 24.3 Å². The average molecular weight is 455 g/mol. The molecule has 1 aromatic carbocycles. The van der Waals surface area contributed by atoms with Gasteiger partial charge in [0.25, 0.3) is 0 Å². The third-order valence-electron chi connectivity index (χ3n) is 9.07. The van der Waals surface area contributed by atoms with Gasteiger partial charge in [-0.3, -0.25) is 9.69 Å². The second kappa shape index (κ2) is 8.60. The number of anilines is 1. The summed E-state index contributed by atoms with van der Waals surface area (Å²) < 4.78 is 6.01. The van der Waals surface area contributed by atoms with Gasteiger partial charge in [-0.15, -0.1) is 0 Å². The Balaban J connectivity index is 1.03. The fourth-order valence-corrected chi connectivity index (χ4v) is 7.08. The molecule has 174 valence electrons. The van der Waals surface area contributed by atoms with E-state index in [2.05, 4.69) is 59.7 Å². The summed E-state index contributed by atoms with van der Waals surface area (Å²) in [4.78, 5) is 20.4. The predicted molar refractivity (Wildman–Crippen MR) is 133 cm³/mol. The number of fused-ring (bicyclic) bond motifs is 3.